The van der Waals surface area contributed by atoms with E-state index in [0.717, 1.165) is 25.2 Å². The standard InChI is InChI=1S/C15H25N3O2/c1-5-11(2)18(3)9-8-17-14-7-6-12(10-13(14)16)15(19)20-4/h6-7,10-11,17H,5,8-9,16H2,1-4H3. The summed E-state index contributed by atoms with van der Waals surface area (Å²) in [6, 6.07) is 5.72. The molecule has 5 nitrogen and oxygen atoms in total. The minimum atomic E-state index is -0.375. The van der Waals surface area contributed by atoms with Gasteiger partial charge in [0.15, 0.2) is 0 Å². The molecule has 0 saturated heterocycles. The van der Waals surface area contributed by atoms with E-state index in [4.69, 9.17) is 5.73 Å². The number of nitrogens with one attached hydrogen (secondary N) is 1. The van der Waals surface area contributed by atoms with Crippen LogP contribution in [0.25, 0.3) is 0 Å². The van der Waals surface area contributed by atoms with Crippen molar-refractivity contribution in [2.45, 2.75) is 26.3 Å². The predicted molar refractivity (Wildman–Crippen MR) is 83.1 cm³/mol. The molecule has 1 atom stereocenters. The number of methoxy groups -OCH3 is 1. The Morgan fingerprint density at radius 3 is 2.75 bits per heavy atom. The zero-order chi connectivity index (χ0) is 15.1. The van der Waals surface area contributed by atoms with E-state index in [1.807, 2.05) is 6.07 Å². The Morgan fingerprint density at radius 2 is 2.20 bits per heavy atom. The number of hydrogen-bond acceptors (Lipinski definition) is 5. The first-order chi connectivity index (χ1) is 9.49. The first kappa shape index (κ1) is 16.3. The van der Waals surface area contributed by atoms with Crippen LogP contribution in [0.5, 0.6) is 0 Å². The molecule has 1 rings (SSSR count). The maximum Gasteiger partial charge on any atom is 0.337 e. The average Bonchev–Trinajstić information content (AvgIpc) is 2.46. The molecule has 0 spiro atoms. The summed E-state index contributed by atoms with van der Waals surface area (Å²) >= 11 is 0. The van der Waals surface area contributed by atoms with Crippen molar-refractivity contribution in [2.24, 2.45) is 0 Å². The summed E-state index contributed by atoms with van der Waals surface area (Å²) in [6.07, 6.45) is 1.13. The van der Waals surface area contributed by atoms with Crippen LogP contribution in [0, 0.1) is 0 Å². The molecule has 0 radical (unpaired) electrons. The summed E-state index contributed by atoms with van der Waals surface area (Å²) < 4.78 is 4.66. The summed E-state index contributed by atoms with van der Waals surface area (Å²) in [6.45, 7) is 6.13. The molecule has 5 heteroatoms. The predicted octanol–water partition coefficient (Wildman–Crippen LogP) is 2.20. The fourth-order valence-electron chi connectivity index (χ4n) is 1.87. The van der Waals surface area contributed by atoms with Gasteiger partial charge in [0.1, 0.15) is 0 Å². The topological polar surface area (TPSA) is 67.6 Å². The number of nitrogen functional groups attached to an aromatic ring is 1. The molecule has 0 heterocycles. The summed E-state index contributed by atoms with van der Waals surface area (Å²) in [4.78, 5) is 13.7. The first-order valence-electron chi connectivity index (χ1n) is 6.91. The smallest absolute Gasteiger partial charge is 0.337 e. The van der Waals surface area contributed by atoms with Crippen LogP contribution in [0.3, 0.4) is 0 Å². The van der Waals surface area contributed by atoms with Crippen LogP contribution in [-0.4, -0.2) is 44.2 Å². The van der Waals surface area contributed by atoms with Crippen molar-refractivity contribution >= 4 is 17.3 Å². The van der Waals surface area contributed by atoms with Crippen LogP contribution in [0.1, 0.15) is 30.6 Å². The highest BCUT2D eigenvalue weighted by Gasteiger charge is 2.09. The van der Waals surface area contributed by atoms with Crippen LogP contribution >= 0.6 is 0 Å². The third-order valence-corrected chi connectivity index (χ3v) is 3.60. The molecule has 3 N–H and O–H groups in total. The second kappa shape index (κ2) is 7.75. The highest BCUT2D eigenvalue weighted by Crippen LogP contribution is 2.20. The number of carbonyl (C=O) groups excluding carboxylic acids is 1. The van der Waals surface area contributed by atoms with E-state index in [1.54, 1.807) is 12.1 Å². The number of rotatable bonds is 7. The third kappa shape index (κ3) is 4.42. The van der Waals surface area contributed by atoms with Crippen molar-refractivity contribution in [3.8, 4) is 0 Å². The van der Waals surface area contributed by atoms with Gasteiger partial charge in [-0.1, -0.05) is 6.92 Å². The van der Waals surface area contributed by atoms with Gasteiger partial charge in [-0.3, -0.25) is 0 Å². The number of nitrogens with two attached hydrogens (primary N) is 1. The largest absolute Gasteiger partial charge is 0.465 e. The van der Waals surface area contributed by atoms with Crippen LogP contribution in [0.2, 0.25) is 0 Å². The van der Waals surface area contributed by atoms with Crippen LogP contribution in [0.4, 0.5) is 11.4 Å². The number of likely N-dealkylation sites (N-methyl/N-ethyl adjacent to an activating group) is 1. The molecule has 112 valence electrons. The summed E-state index contributed by atoms with van der Waals surface area (Å²) in [7, 11) is 3.47. The lowest BCUT2D eigenvalue weighted by Gasteiger charge is -2.23. The maximum atomic E-state index is 11.4. The van der Waals surface area contributed by atoms with Crippen molar-refractivity contribution in [2.75, 3.05) is 38.3 Å². The fourth-order valence-corrected chi connectivity index (χ4v) is 1.87. The van der Waals surface area contributed by atoms with Gasteiger partial charge in [0.2, 0.25) is 0 Å². The van der Waals surface area contributed by atoms with E-state index in [2.05, 4.69) is 35.8 Å². The second-order valence-electron chi connectivity index (χ2n) is 4.96. The lowest BCUT2D eigenvalue weighted by Crippen LogP contribution is -2.32. The number of hydrogen-bond donors (Lipinski definition) is 2. The van der Waals surface area contributed by atoms with E-state index in [9.17, 15) is 4.79 Å². The van der Waals surface area contributed by atoms with Gasteiger partial charge in [-0.25, -0.2) is 4.79 Å². The minimum absolute atomic E-state index is 0.375. The van der Waals surface area contributed by atoms with E-state index < -0.39 is 0 Å². The normalized spacial score (nSPS) is 12.2. The van der Waals surface area contributed by atoms with Gasteiger partial charge in [0.05, 0.1) is 24.0 Å². The van der Waals surface area contributed by atoms with Crippen molar-refractivity contribution < 1.29 is 9.53 Å². The Hall–Kier alpha value is -1.75. The van der Waals surface area contributed by atoms with Crippen molar-refractivity contribution in [3.05, 3.63) is 23.8 Å². The number of carbonyl (C=O) groups is 1. The summed E-state index contributed by atoms with van der Waals surface area (Å²) in [5, 5.41) is 3.29. The van der Waals surface area contributed by atoms with Gasteiger partial charge in [-0.2, -0.15) is 0 Å². The molecule has 1 aromatic carbocycles. The molecule has 1 unspecified atom stereocenters. The van der Waals surface area contributed by atoms with Gasteiger partial charge in [-0.05, 0) is 38.6 Å². The van der Waals surface area contributed by atoms with Crippen LogP contribution < -0.4 is 11.1 Å². The van der Waals surface area contributed by atoms with Gasteiger partial charge < -0.3 is 20.7 Å². The Kier molecular flexibility index (Phi) is 6.31. The zero-order valence-electron chi connectivity index (χ0n) is 12.8. The maximum absolute atomic E-state index is 11.4. The number of nitrogens with zero attached hydrogens (tertiary/aromatic N) is 1. The van der Waals surface area contributed by atoms with Gasteiger partial charge in [0.25, 0.3) is 0 Å². The lowest BCUT2D eigenvalue weighted by molar-refractivity contribution is 0.0601. The minimum Gasteiger partial charge on any atom is -0.465 e. The number of esters is 1. The van der Waals surface area contributed by atoms with Gasteiger partial charge in [0, 0.05) is 19.1 Å². The number of benzene rings is 1. The molecule has 0 fully saturated rings. The Balaban J connectivity index is 2.55. The lowest BCUT2D eigenvalue weighted by atomic mass is 10.1. The van der Waals surface area contributed by atoms with E-state index in [1.165, 1.54) is 7.11 Å². The molecular weight excluding hydrogens is 254 g/mol. The summed E-state index contributed by atoms with van der Waals surface area (Å²) in [5.41, 5.74) is 7.80. The quantitative estimate of drug-likeness (QED) is 0.591. The summed E-state index contributed by atoms with van der Waals surface area (Å²) in [5.74, 6) is -0.375. The highest BCUT2D eigenvalue weighted by atomic mass is 16.5. The number of anilines is 2. The van der Waals surface area contributed by atoms with Crippen molar-refractivity contribution in [3.63, 3.8) is 0 Å². The molecule has 0 saturated carbocycles. The molecule has 0 aliphatic heterocycles. The molecule has 0 aromatic heterocycles. The van der Waals surface area contributed by atoms with Crippen molar-refractivity contribution in [1.82, 2.24) is 4.90 Å². The van der Waals surface area contributed by atoms with Crippen LogP contribution in [-0.2, 0) is 4.74 Å². The van der Waals surface area contributed by atoms with Gasteiger partial charge >= 0.3 is 5.97 Å². The Bertz CT molecular complexity index is 449. The zero-order valence-corrected chi connectivity index (χ0v) is 12.8. The fraction of sp³-hybridized carbons (Fsp3) is 0.533. The monoisotopic (exact) mass is 279 g/mol. The SMILES string of the molecule is CCC(C)N(C)CCNc1ccc(C(=O)OC)cc1N. The first-order valence-corrected chi connectivity index (χ1v) is 6.91. The molecular formula is C15H25N3O2. The second-order valence-corrected chi connectivity index (χ2v) is 4.96. The van der Waals surface area contributed by atoms with E-state index in [-0.39, 0.29) is 5.97 Å². The van der Waals surface area contributed by atoms with Crippen molar-refractivity contribution in [1.29, 1.82) is 0 Å². The molecule has 0 aliphatic rings. The van der Waals surface area contributed by atoms with Gasteiger partial charge in [-0.15, -0.1) is 0 Å². The molecule has 0 aliphatic carbocycles. The molecule has 0 amide bonds. The van der Waals surface area contributed by atoms with E-state index in [0.29, 0.717) is 17.3 Å². The molecule has 0 bridgehead atoms. The Morgan fingerprint density at radius 1 is 1.50 bits per heavy atom. The molecule has 20 heavy (non-hydrogen) atoms. The molecule has 1 aromatic rings. The van der Waals surface area contributed by atoms with E-state index >= 15 is 0 Å². The van der Waals surface area contributed by atoms with Crippen LogP contribution in [0.15, 0.2) is 18.2 Å². The highest BCUT2D eigenvalue weighted by molar-refractivity contribution is 5.91. The Labute approximate surface area is 121 Å². The average molecular weight is 279 g/mol. The third-order valence-electron chi connectivity index (χ3n) is 3.60. The number of ether oxygens (including phenoxy) is 1.